The van der Waals surface area contributed by atoms with Crippen molar-refractivity contribution in [2.45, 2.75) is 11.4 Å². The number of carbonyl (C=O) groups excluding carboxylic acids is 3. The molecule has 2 aliphatic heterocycles. The molecule has 0 spiro atoms. The molecule has 0 aromatic carbocycles. The predicted octanol–water partition coefficient (Wildman–Crippen LogP) is -3.98. The van der Waals surface area contributed by atoms with Crippen LogP contribution in [0.3, 0.4) is 0 Å². The van der Waals surface area contributed by atoms with Crippen LogP contribution in [0.2, 0.25) is 0 Å². The molecule has 13 nitrogen and oxygen atoms in total. The molecule has 0 saturated carbocycles. The minimum absolute atomic E-state index is 0. The van der Waals surface area contributed by atoms with E-state index < -0.39 is 34.9 Å². The van der Waals surface area contributed by atoms with Gasteiger partial charge in [-0.1, -0.05) is 11.2 Å². The van der Waals surface area contributed by atoms with Gasteiger partial charge in [0.1, 0.15) is 17.1 Å². The number of nitrogen functional groups attached to an aromatic ring is 1. The summed E-state index contributed by atoms with van der Waals surface area (Å²) in [4.78, 5) is 42.0. The van der Waals surface area contributed by atoms with Crippen molar-refractivity contribution in [3.8, 4) is 5.88 Å². The van der Waals surface area contributed by atoms with Gasteiger partial charge in [0.15, 0.2) is 16.6 Å². The van der Waals surface area contributed by atoms with E-state index in [1.165, 1.54) is 42.5 Å². The Morgan fingerprint density at radius 2 is 2.24 bits per heavy atom. The molecule has 4 rings (SSSR count). The Morgan fingerprint density at radius 1 is 1.47 bits per heavy atom. The number of aromatic nitrogens is 2. The zero-order valence-corrected chi connectivity index (χ0v) is 21.4. The number of nitrogens with one attached hydrogen (secondary N) is 1. The fourth-order valence-electron chi connectivity index (χ4n) is 3.21. The van der Waals surface area contributed by atoms with E-state index in [2.05, 4.69) is 20.6 Å². The Hall–Kier alpha value is -2.85. The molecule has 1 saturated heterocycles. The van der Waals surface area contributed by atoms with Crippen LogP contribution in [-0.4, -0.2) is 68.0 Å². The van der Waals surface area contributed by atoms with Gasteiger partial charge in [0.05, 0.1) is 18.8 Å². The molecular formula is C18H15N6NaO7S2. The first-order chi connectivity index (χ1) is 15.8. The minimum Gasteiger partial charge on any atom is -0.543 e. The second-order valence-corrected chi connectivity index (χ2v) is 8.64. The molecule has 34 heavy (non-hydrogen) atoms. The number of thiazole rings is 1. The average molecular weight is 514 g/mol. The van der Waals surface area contributed by atoms with Gasteiger partial charge in [-0.25, -0.2) is 4.98 Å². The summed E-state index contributed by atoms with van der Waals surface area (Å²) in [6.07, 6.45) is 2.97. The predicted molar refractivity (Wildman–Crippen MR) is 114 cm³/mol. The Balaban J connectivity index is 0.00000324. The number of thioether (sulfide) groups is 1. The van der Waals surface area contributed by atoms with Crippen LogP contribution in [0, 0.1) is 0 Å². The number of hydrogen-bond donors (Lipinski definition) is 3. The summed E-state index contributed by atoms with van der Waals surface area (Å²) in [6, 6.07) is 0.471. The van der Waals surface area contributed by atoms with Crippen LogP contribution in [0.4, 0.5) is 5.13 Å². The van der Waals surface area contributed by atoms with Gasteiger partial charge >= 0.3 is 29.6 Å². The summed E-state index contributed by atoms with van der Waals surface area (Å²) < 4.78 is 9.95. The van der Waals surface area contributed by atoms with Crippen molar-refractivity contribution in [3.05, 3.63) is 40.2 Å². The maximum Gasteiger partial charge on any atom is 1.00 e. The first-order valence-corrected chi connectivity index (χ1v) is 11.1. The van der Waals surface area contributed by atoms with E-state index in [1.54, 1.807) is 0 Å². The van der Waals surface area contributed by atoms with Crippen molar-refractivity contribution in [2.75, 3.05) is 18.6 Å². The molecule has 2 aromatic heterocycles. The number of fused-ring (bicyclic) bond motifs is 1. The summed E-state index contributed by atoms with van der Waals surface area (Å²) in [5, 5.41) is 31.0. The molecule has 4 N–H and O–H groups in total. The topological polar surface area (TPSA) is 196 Å². The third kappa shape index (κ3) is 4.83. The Kier molecular flexibility index (Phi) is 8.04. The summed E-state index contributed by atoms with van der Waals surface area (Å²) in [5.74, 6) is -2.25. The number of rotatable bonds is 7. The van der Waals surface area contributed by atoms with E-state index in [9.17, 15) is 24.7 Å². The van der Waals surface area contributed by atoms with Crippen molar-refractivity contribution in [1.29, 1.82) is 0 Å². The van der Waals surface area contributed by atoms with Gasteiger partial charge in [0.2, 0.25) is 0 Å². The number of amides is 2. The number of allylic oxidation sites excluding steroid dienone is 1. The molecule has 2 aromatic rings. The van der Waals surface area contributed by atoms with Crippen molar-refractivity contribution in [2.24, 2.45) is 5.16 Å². The monoisotopic (exact) mass is 514 g/mol. The first-order valence-electron chi connectivity index (χ1n) is 9.16. The number of β-lactam (4-membered cyclic amide) rings is 1. The molecule has 16 heteroatoms. The average Bonchev–Trinajstić information content (AvgIpc) is 3.44. The smallest absolute Gasteiger partial charge is 0.543 e. The normalized spacial score (nSPS) is 20.0. The molecule has 1 fully saturated rings. The van der Waals surface area contributed by atoms with Crippen molar-refractivity contribution in [3.63, 3.8) is 0 Å². The Labute approximate surface area is 222 Å². The van der Waals surface area contributed by atoms with Crippen LogP contribution in [0.1, 0.15) is 11.5 Å². The van der Waals surface area contributed by atoms with Crippen LogP contribution in [-0.2, 0) is 14.4 Å². The second kappa shape index (κ2) is 10.6. The quantitative estimate of drug-likeness (QED) is 0.107. The summed E-state index contributed by atoms with van der Waals surface area (Å²) in [7, 11) is 1.42. The molecule has 2 aliphatic rings. The first kappa shape index (κ1) is 25.8. The summed E-state index contributed by atoms with van der Waals surface area (Å²) in [6.45, 7) is 0. The van der Waals surface area contributed by atoms with Crippen molar-refractivity contribution >= 4 is 57.8 Å². The van der Waals surface area contributed by atoms with Crippen LogP contribution in [0.15, 0.2) is 38.5 Å². The van der Waals surface area contributed by atoms with Gasteiger partial charge in [-0.2, -0.15) is 0 Å². The molecule has 2 amide bonds. The summed E-state index contributed by atoms with van der Waals surface area (Å²) in [5.41, 5.74) is 5.17. The maximum absolute atomic E-state index is 12.7. The number of hydrogen-bond acceptors (Lipinski definition) is 13. The van der Waals surface area contributed by atoms with Gasteiger partial charge in [-0.3, -0.25) is 14.5 Å². The van der Waals surface area contributed by atoms with Crippen molar-refractivity contribution in [1.82, 2.24) is 20.4 Å². The van der Waals surface area contributed by atoms with Gasteiger partial charge in [-0.15, -0.1) is 23.1 Å². The van der Waals surface area contributed by atoms with Gasteiger partial charge < -0.3 is 35.4 Å². The Morgan fingerprint density at radius 3 is 2.82 bits per heavy atom. The van der Waals surface area contributed by atoms with Crippen LogP contribution in [0.25, 0.3) is 6.08 Å². The largest absolute Gasteiger partial charge is 1.00 e. The SMILES string of the molecule is COc1cc(/C=C/C2=C(C(=O)[O-])N3C(=O)C(NC(=O)/C(=N\O)c4csc(N)n4)C3SC2)on1.[Na+]. The third-order valence-corrected chi connectivity index (χ3v) is 6.70. The van der Waals surface area contributed by atoms with Gasteiger partial charge in [-0.05, 0) is 16.8 Å². The number of aliphatic carboxylic acids is 1. The molecule has 0 aliphatic carbocycles. The molecule has 4 heterocycles. The zero-order valence-electron chi connectivity index (χ0n) is 17.8. The Bertz CT molecular complexity index is 1220. The number of anilines is 1. The second-order valence-electron chi connectivity index (χ2n) is 6.65. The van der Waals surface area contributed by atoms with E-state index >= 15 is 0 Å². The number of carboxylic acids is 1. The molecular weight excluding hydrogens is 499 g/mol. The number of carboxylic acid groups (broad SMARTS) is 1. The van der Waals surface area contributed by atoms with Crippen LogP contribution in [0.5, 0.6) is 5.88 Å². The van der Waals surface area contributed by atoms with E-state index in [0.717, 1.165) is 16.2 Å². The van der Waals surface area contributed by atoms with Crippen LogP contribution < -0.4 is 50.5 Å². The fraction of sp³-hybridized carbons (Fsp3) is 0.222. The standard InChI is InChI=1S/C18H16N6O7S2.Na/c1-30-10-4-8(31-23-10)3-2-7-5-32-16-12(15(26)24(16)13(7)17(27)28)21-14(25)11(22-29)9-6-33-18(19)20-9;/h2-4,6,12,16,29H,5H2,1H3,(H2,19,20)(H,21,25)(H,27,28);/q;+1/p-1/b3-2+,22-11-;. The number of ether oxygens (including phenoxy) is 1. The molecule has 0 radical (unpaired) electrons. The number of nitrogens with two attached hydrogens (primary N) is 1. The van der Waals surface area contributed by atoms with Crippen molar-refractivity contribution < 1.29 is 63.5 Å². The van der Waals surface area contributed by atoms with E-state index in [4.69, 9.17) is 15.0 Å². The van der Waals surface area contributed by atoms with Gasteiger partial charge in [0, 0.05) is 17.2 Å². The molecule has 2 atom stereocenters. The van der Waals surface area contributed by atoms with Gasteiger partial charge in [0.25, 0.3) is 17.7 Å². The number of oxime groups is 1. The number of carbonyl (C=O) groups is 3. The van der Waals surface area contributed by atoms with E-state index in [0.29, 0.717) is 11.3 Å². The zero-order chi connectivity index (χ0) is 23.7. The van der Waals surface area contributed by atoms with Crippen LogP contribution >= 0.6 is 23.1 Å². The fourth-order valence-corrected chi connectivity index (χ4v) is 5.07. The van der Waals surface area contributed by atoms with E-state index in [-0.39, 0.29) is 57.7 Å². The molecule has 2 unspecified atom stereocenters. The number of methoxy groups -OCH3 is 1. The molecule has 0 bridgehead atoms. The number of nitrogens with zero attached hydrogens (tertiary/aromatic N) is 4. The molecule has 172 valence electrons. The maximum atomic E-state index is 12.7. The van der Waals surface area contributed by atoms with E-state index in [1.807, 2.05) is 0 Å². The summed E-state index contributed by atoms with van der Waals surface area (Å²) >= 11 is 2.29. The third-order valence-electron chi connectivity index (χ3n) is 4.72. The minimum atomic E-state index is -1.54.